The lowest BCUT2D eigenvalue weighted by Gasteiger charge is -2.39. The highest BCUT2D eigenvalue weighted by atomic mass is 16.7. The van der Waals surface area contributed by atoms with E-state index >= 15 is 0 Å². The fraction of sp³-hybridized carbons (Fsp3) is 0.911. The zero-order chi connectivity index (χ0) is 43.0. The average molecular weight is 828 g/mol. The van der Waals surface area contributed by atoms with Crippen molar-refractivity contribution in [2.45, 2.75) is 243 Å². The lowest BCUT2D eigenvalue weighted by atomic mass is 9.92. The molecule has 0 radical (unpaired) electrons. The Morgan fingerprint density at radius 1 is 0.552 bits per heavy atom. The minimum absolute atomic E-state index is 0.172. The van der Waals surface area contributed by atoms with E-state index < -0.39 is 67.2 Å². The smallest absolute Gasteiger partial charge is 0.303 e. The first-order valence-electron chi connectivity index (χ1n) is 23.3. The van der Waals surface area contributed by atoms with E-state index in [1.54, 1.807) is 0 Å². The summed E-state index contributed by atoms with van der Waals surface area (Å²) >= 11 is 0. The largest absolute Gasteiger partial charge is 0.481 e. The van der Waals surface area contributed by atoms with E-state index in [-0.39, 0.29) is 24.7 Å². The van der Waals surface area contributed by atoms with Gasteiger partial charge >= 0.3 is 5.97 Å². The number of carboxylic acid groups (broad SMARTS) is 1. The van der Waals surface area contributed by atoms with Gasteiger partial charge < -0.3 is 45.9 Å². The number of amides is 3. The molecular formula is C45H85N3O10. The molecule has 1 aliphatic rings. The van der Waals surface area contributed by atoms with Crippen molar-refractivity contribution >= 4 is 23.7 Å². The third-order valence-corrected chi connectivity index (χ3v) is 11.6. The van der Waals surface area contributed by atoms with Crippen LogP contribution in [-0.2, 0) is 28.7 Å². The van der Waals surface area contributed by atoms with E-state index in [1.165, 1.54) is 130 Å². The summed E-state index contributed by atoms with van der Waals surface area (Å²) in [6.45, 7) is 5.51. The van der Waals surface area contributed by atoms with Gasteiger partial charge in [0.2, 0.25) is 17.7 Å². The van der Waals surface area contributed by atoms with Crippen LogP contribution in [0.15, 0.2) is 0 Å². The second kappa shape index (κ2) is 34.4. The maximum Gasteiger partial charge on any atom is 0.303 e. The van der Waals surface area contributed by atoms with Crippen LogP contribution in [0, 0.1) is 5.92 Å². The van der Waals surface area contributed by atoms with Crippen LogP contribution in [0.1, 0.15) is 201 Å². The molecule has 0 spiro atoms. The maximum atomic E-state index is 14.0. The summed E-state index contributed by atoms with van der Waals surface area (Å²) in [7, 11) is 1.38. The van der Waals surface area contributed by atoms with Gasteiger partial charge in [0.25, 0.3) is 0 Å². The Balaban J connectivity index is 2.93. The summed E-state index contributed by atoms with van der Waals surface area (Å²) in [4.78, 5) is 51.7. The van der Waals surface area contributed by atoms with E-state index in [4.69, 9.17) is 9.47 Å². The highest BCUT2D eigenvalue weighted by Crippen LogP contribution is 2.23. The number of hydrogen-bond acceptors (Lipinski definition) is 9. The first-order valence-corrected chi connectivity index (χ1v) is 23.3. The molecule has 13 nitrogen and oxygen atoms in total. The van der Waals surface area contributed by atoms with Gasteiger partial charge in [-0.2, -0.15) is 0 Å². The third-order valence-electron chi connectivity index (χ3n) is 11.6. The second-order valence-corrected chi connectivity index (χ2v) is 16.7. The van der Waals surface area contributed by atoms with Gasteiger partial charge in [-0.25, -0.2) is 0 Å². The van der Waals surface area contributed by atoms with Gasteiger partial charge in [-0.3, -0.25) is 19.2 Å². The summed E-state index contributed by atoms with van der Waals surface area (Å²) < 4.78 is 11.3. The number of hydrogen-bond donors (Lipinski definition) is 7. The average Bonchev–Trinajstić information content (AvgIpc) is 3.21. The Morgan fingerprint density at radius 2 is 0.966 bits per heavy atom. The zero-order valence-corrected chi connectivity index (χ0v) is 36.9. The van der Waals surface area contributed by atoms with Gasteiger partial charge in [-0.1, -0.05) is 168 Å². The molecule has 1 rings (SSSR count). The Kier molecular flexibility index (Phi) is 31.8. The van der Waals surface area contributed by atoms with E-state index in [2.05, 4.69) is 29.8 Å². The Bertz CT molecular complexity index is 1050. The van der Waals surface area contributed by atoms with E-state index in [0.29, 0.717) is 12.8 Å². The molecule has 1 fully saturated rings. The number of carbonyl (C=O) groups excluding carboxylic acids is 3. The molecule has 0 aromatic heterocycles. The number of carboxylic acids is 1. The topological polar surface area (TPSA) is 204 Å². The van der Waals surface area contributed by atoms with Crippen LogP contribution in [0.3, 0.4) is 0 Å². The lowest BCUT2D eigenvalue weighted by molar-refractivity contribution is -0.293. The SMILES string of the molecule is CCCCCCCCCCCCCCC(CCCCCCCCCCCCCC)C(=O)N[C@@H](CO[C@@H]1O[C@@H](C)[C@@H](O)[C@@H](O)[C@@H]1O)C(=O)N[C@H](CCC(=O)O)C(=O)NC. The number of carbonyl (C=O) groups is 4. The van der Waals surface area contributed by atoms with Crippen molar-refractivity contribution in [3.05, 3.63) is 0 Å². The molecular weight excluding hydrogens is 743 g/mol. The van der Waals surface area contributed by atoms with Crippen molar-refractivity contribution in [1.29, 1.82) is 0 Å². The molecule has 0 saturated carbocycles. The number of aliphatic carboxylic acids is 1. The van der Waals surface area contributed by atoms with E-state index in [1.807, 2.05) is 0 Å². The van der Waals surface area contributed by atoms with Gasteiger partial charge in [0.1, 0.15) is 30.4 Å². The minimum atomic E-state index is -1.62. The molecule has 3 amide bonds. The first-order chi connectivity index (χ1) is 28.0. The molecule has 0 aromatic rings. The van der Waals surface area contributed by atoms with Crippen LogP contribution >= 0.6 is 0 Å². The first kappa shape index (κ1) is 53.7. The fourth-order valence-electron chi connectivity index (χ4n) is 7.67. The van der Waals surface area contributed by atoms with E-state index in [0.717, 1.165) is 38.5 Å². The van der Waals surface area contributed by atoms with Gasteiger partial charge in [-0.05, 0) is 26.2 Å². The standard InChI is InChI=1S/C45H85N3O10/c1-5-7-9-11-13-15-17-19-21-23-25-27-29-35(30-28-26-24-22-20-18-16-14-12-10-8-6-2)42(54)48-37(33-57-45-41(53)40(52)39(51)34(3)58-45)44(56)47-36(43(55)46-4)31-32-38(49)50/h34-37,39-41,45,51-53H,5-33H2,1-4H3,(H,46,55)(H,47,56)(H,48,54)(H,49,50)/t34-,36+,37-,39+,40+,41-,45+/m0/s1. The maximum absolute atomic E-state index is 14.0. The van der Waals surface area contributed by atoms with Crippen LogP contribution in [0.5, 0.6) is 0 Å². The van der Waals surface area contributed by atoms with Crippen molar-refractivity contribution in [3.8, 4) is 0 Å². The molecule has 340 valence electrons. The highest BCUT2D eigenvalue weighted by molar-refractivity contribution is 5.92. The minimum Gasteiger partial charge on any atom is -0.481 e. The summed E-state index contributed by atoms with van der Waals surface area (Å²) in [5.41, 5.74) is 0. The van der Waals surface area contributed by atoms with Gasteiger partial charge in [0, 0.05) is 19.4 Å². The molecule has 0 aliphatic carbocycles. The number of unbranched alkanes of at least 4 members (excludes halogenated alkanes) is 22. The molecule has 1 heterocycles. The zero-order valence-electron chi connectivity index (χ0n) is 36.9. The molecule has 0 bridgehead atoms. The van der Waals surface area contributed by atoms with Gasteiger partial charge in [0.05, 0.1) is 12.7 Å². The van der Waals surface area contributed by atoms with Gasteiger partial charge in [0.15, 0.2) is 6.29 Å². The second-order valence-electron chi connectivity index (χ2n) is 16.7. The van der Waals surface area contributed by atoms with Crippen LogP contribution < -0.4 is 16.0 Å². The predicted molar refractivity (Wildman–Crippen MR) is 228 cm³/mol. The summed E-state index contributed by atoms with van der Waals surface area (Å²) in [6.07, 6.45) is 23.1. The van der Waals surface area contributed by atoms with Crippen molar-refractivity contribution < 1.29 is 49.1 Å². The van der Waals surface area contributed by atoms with Crippen molar-refractivity contribution in [1.82, 2.24) is 16.0 Å². The number of likely N-dealkylation sites (N-methyl/N-ethyl adjacent to an activating group) is 1. The summed E-state index contributed by atoms with van der Waals surface area (Å²) in [5, 5.41) is 48.1. The molecule has 58 heavy (non-hydrogen) atoms. The van der Waals surface area contributed by atoms with Crippen molar-refractivity contribution in [2.75, 3.05) is 13.7 Å². The molecule has 1 saturated heterocycles. The van der Waals surface area contributed by atoms with Crippen molar-refractivity contribution in [3.63, 3.8) is 0 Å². The van der Waals surface area contributed by atoms with Gasteiger partial charge in [-0.15, -0.1) is 0 Å². The number of nitrogens with one attached hydrogen (secondary N) is 3. The molecule has 1 aliphatic heterocycles. The number of aliphatic hydroxyl groups is 3. The number of rotatable bonds is 37. The molecule has 7 N–H and O–H groups in total. The lowest BCUT2D eigenvalue weighted by Crippen LogP contribution is -2.59. The summed E-state index contributed by atoms with van der Waals surface area (Å²) in [5.74, 6) is -3.15. The van der Waals surface area contributed by atoms with E-state index in [9.17, 15) is 39.6 Å². The molecule has 13 heteroatoms. The van der Waals surface area contributed by atoms with Crippen LogP contribution in [0.25, 0.3) is 0 Å². The Morgan fingerprint density at radius 3 is 1.38 bits per heavy atom. The van der Waals surface area contributed by atoms with Crippen molar-refractivity contribution in [2.24, 2.45) is 5.92 Å². The molecule has 7 atom stereocenters. The Labute approximate surface area is 350 Å². The van der Waals surface area contributed by atoms with Crippen LogP contribution in [0.4, 0.5) is 0 Å². The predicted octanol–water partition coefficient (Wildman–Crippen LogP) is 7.21. The van der Waals surface area contributed by atoms with Crippen LogP contribution in [0.2, 0.25) is 0 Å². The monoisotopic (exact) mass is 828 g/mol. The third kappa shape index (κ3) is 24.7. The number of ether oxygens (including phenoxy) is 2. The molecule has 0 unspecified atom stereocenters. The molecule has 0 aromatic carbocycles. The quantitative estimate of drug-likeness (QED) is 0.0314. The fourth-order valence-corrected chi connectivity index (χ4v) is 7.67. The normalized spacial score (nSPS) is 20.4. The number of aliphatic hydroxyl groups excluding tert-OH is 3. The van der Waals surface area contributed by atoms with Crippen LogP contribution in [-0.4, -0.2) is 101 Å². The summed E-state index contributed by atoms with van der Waals surface area (Å²) in [6, 6.07) is -2.51. The highest BCUT2D eigenvalue weighted by Gasteiger charge is 2.43. The Hall–Kier alpha value is -2.32.